The molecule has 0 saturated heterocycles. The molecule has 1 aromatic heterocycles. The second kappa shape index (κ2) is 10.5. The molecule has 0 aliphatic rings. The van der Waals surface area contributed by atoms with Crippen molar-refractivity contribution in [2.45, 2.75) is 13.3 Å². The molecule has 2 aromatic rings. The molecule has 9 nitrogen and oxygen atoms in total. The van der Waals surface area contributed by atoms with Gasteiger partial charge in [-0.05, 0) is 37.3 Å². The summed E-state index contributed by atoms with van der Waals surface area (Å²) >= 11 is 0. The average Bonchev–Trinajstić information content (AvgIpc) is 3.22. The van der Waals surface area contributed by atoms with E-state index in [4.69, 9.17) is 9.15 Å². The van der Waals surface area contributed by atoms with Gasteiger partial charge in [0.2, 0.25) is 0 Å². The van der Waals surface area contributed by atoms with Gasteiger partial charge in [-0.1, -0.05) is 6.07 Å². The van der Waals surface area contributed by atoms with Crippen molar-refractivity contribution in [3.05, 3.63) is 54.0 Å². The fourth-order valence-corrected chi connectivity index (χ4v) is 2.19. The Hall–Kier alpha value is -3.62. The summed E-state index contributed by atoms with van der Waals surface area (Å²) in [6, 6.07) is 9.47. The zero-order valence-corrected chi connectivity index (χ0v) is 15.3. The molecule has 3 N–H and O–H groups in total. The molecule has 2 rings (SSSR count). The highest BCUT2D eigenvalue weighted by molar-refractivity contribution is 5.97. The second-order valence-corrected chi connectivity index (χ2v) is 5.63. The van der Waals surface area contributed by atoms with Crippen molar-refractivity contribution in [1.82, 2.24) is 10.6 Å². The summed E-state index contributed by atoms with van der Waals surface area (Å²) < 4.78 is 9.78. The summed E-state index contributed by atoms with van der Waals surface area (Å²) in [5.74, 6) is -1.72. The standard InChI is InChI=1S/C19H21N3O6/c1-2-20-18(25)13-5-3-6-14(11-13)22-16(23)12-28-17(24)8-9-21-19(26)15-7-4-10-27-15/h3-7,10-11H,2,8-9,12H2,1H3,(H,20,25)(H,21,26)(H,22,23). The smallest absolute Gasteiger partial charge is 0.308 e. The number of furan rings is 1. The molecule has 0 aliphatic carbocycles. The van der Waals surface area contributed by atoms with Gasteiger partial charge >= 0.3 is 5.97 Å². The number of esters is 1. The first kappa shape index (κ1) is 20.7. The molecule has 1 aromatic carbocycles. The Morgan fingerprint density at radius 3 is 2.57 bits per heavy atom. The maximum absolute atomic E-state index is 11.9. The number of ether oxygens (including phenoxy) is 1. The number of rotatable bonds is 9. The molecule has 28 heavy (non-hydrogen) atoms. The third kappa shape index (κ3) is 6.60. The molecule has 0 saturated carbocycles. The van der Waals surface area contributed by atoms with E-state index < -0.39 is 24.4 Å². The Kier molecular flexibility index (Phi) is 7.77. The number of nitrogens with one attached hydrogen (secondary N) is 3. The number of hydrogen-bond acceptors (Lipinski definition) is 6. The van der Waals surface area contributed by atoms with Gasteiger partial charge in [-0.25, -0.2) is 0 Å². The third-order valence-electron chi connectivity index (χ3n) is 3.47. The predicted molar refractivity (Wildman–Crippen MR) is 99.7 cm³/mol. The van der Waals surface area contributed by atoms with Crippen LogP contribution in [0.2, 0.25) is 0 Å². The van der Waals surface area contributed by atoms with E-state index >= 15 is 0 Å². The number of carbonyl (C=O) groups excluding carboxylic acids is 4. The topological polar surface area (TPSA) is 127 Å². The van der Waals surface area contributed by atoms with Crippen LogP contribution in [0.25, 0.3) is 0 Å². The summed E-state index contributed by atoms with van der Waals surface area (Å²) in [6.45, 7) is 1.87. The van der Waals surface area contributed by atoms with Crippen molar-refractivity contribution in [2.24, 2.45) is 0 Å². The highest BCUT2D eigenvalue weighted by Gasteiger charge is 2.12. The van der Waals surface area contributed by atoms with Crippen LogP contribution >= 0.6 is 0 Å². The highest BCUT2D eigenvalue weighted by atomic mass is 16.5. The molecule has 0 atom stereocenters. The van der Waals surface area contributed by atoms with Crippen molar-refractivity contribution >= 4 is 29.4 Å². The zero-order chi connectivity index (χ0) is 20.4. The van der Waals surface area contributed by atoms with Gasteiger partial charge in [-0.2, -0.15) is 0 Å². The van der Waals surface area contributed by atoms with E-state index in [9.17, 15) is 19.2 Å². The molecule has 0 unspecified atom stereocenters. The number of anilines is 1. The fraction of sp³-hybridized carbons (Fsp3) is 0.263. The Balaban J connectivity index is 1.70. The van der Waals surface area contributed by atoms with Crippen LogP contribution in [-0.2, 0) is 14.3 Å². The van der Waals surface area contributed by atoms with Crippen LogP contribution in [-0.4, -0.2) is 43.4 Å². The second-order valence-electron chi connectivity index (χ2n) is 5.63. The Morgan fingerprint density at radius 2 is 1.86 bits per heavy atom. The molecular weight excluding hydrogens is 366 g/mol. The monoisotopic (exact) mass is 387 g/mol. The number of carbonyl (C=O) groups is 4. The molecule has 0 aliphatic heterocycles. The summed E-state index contributed by atoms with van der Waals surface area (Å²) in [5, 5.41) is 7.71. The minimum absolute atomic E-state index is 0.0502. The molecule has 9 heteroatoms. The highest BCUT2D eigenvalue weighted by Crippen LogP contribution is 2.10. The van der Waals surface area contributed by atoms with Crippen molar-refractivity contribution in [3.8, 4) is 0 Å². The Morgan fingerprint density at radius 1 is 1.04 bits per heavy atom. The normalized spacial score (nSPS) is 10.0. The van der Waals surface area contributed by atoms with Gasteiger partial charge in [0, 0.05) is 24.3 Å². The summed E-state index contributed by atoms with van der Waals surface area (Å²) in [5.41, 5.74) is 0.819. The lowest BCUT2D eigenvalue weighted by Gasteiger charge is -2.08. The van der Waals surface area contributed by atoms with Crippen LogP contribution in [0.5, 0.6) is 0 Å². The maximum atomic E-state index is 11.9. The minimum Gasteiger partial charge on any atom is -0.459 e. The van der Waals surface area contributed by atoms with Gasteiger partial charge in [-0.15, -0.1) is 0 Å². The van der Waals surface area contributed by atoms with Crippen LogP contribution in [0, 0.1) is 0 Å². The lowest BCUT2D eigenvalue weighted by molar-refractivity contribution is -0.147. The van der Waals surface area contributed by atoms with Gasteiger partial charge in [0.25, 0.3) is 17.7 Å². The quantitative estimate of drug-likeness (QED) is 0.557. The van der Waals surface area contributed by atoms with Gasteiger partial charge in [-0.3, -0.25) is 19.2 Å². The average molecular weight is 387 g/mol. The molecular formula is C19H21N3O6. The first-order valence-electron chi connectivity index (χ1n) is 8.65. The predicted octanol–water partition coefficient (Wildman–Crippen LogP) is 1.33. The number of amides is 3. The van der Waals surface area contributed by atoms with E-state index in [1.165, 1.54) is 18.4 Å². The van der Waals surface area contributed by atoms with Gasteiger partial charge < -0.3 is 25.1 Å². The van der Waals surface area contributed by atoms with Gasteiger partial charge in [0.15, 0.2) is 12.4 Å². The summed E-state index contributed by atoms with van der Waals surface area (Å²) in [6.07, 6.45) is 1.28. The van der Waals surface area contributed by atoms with E-state index in [0.717, 1.165) is 0 Å². The van der Waals surface area contributed by atoms with Gasteiger partial charge in [0.1, 0.15) is 0 Å². The molecule has 0 spiro atoms. The molecule has 0 radical (unpaired) electrons. The first-order chi connectivity index (χ1) is 13.5. The fourth-order valence-electron chi connectivity index (χ4n) is 2.19. The summed E-state index contributed by atoms with van der Waals surface area (Å²) in [7, 11) is 0. The molecule has 148 valence electrons. The van der Waals surface area contributed by atoms with Crippen molar-refractivity contribution in [3.63, 3.8) is 0 Å². The first-order valence-corrected chi connectivity index (χ1v) is 8.65. The third-order valence-corrected chi connectivity index (χ3v) is 3.47. The molecule has 0 fully saturated rings. The van der Waals surface area contributed by atoms with Crippen LogP contribution in [0.15, 0.2) is 47.1 Å². The molecule has 3 amide bonds. The van der Waals surface area contributed by atoms with Crippen molar-refractivity contribution in [1.29, 1.82) is 0 Å². The largest absolute Gasteiger partial charge is 0.459 e. The van der Waals surface area contributed by atoms with Crippen molar-refractivity contribution < 1.29 is 28.3 Å². The summed E-state index contributed by atoms with van der Waals surface area (Å²) in [4.78, 5) is 47.0. The van der Waals surface area contributed by atoms with Crippen LogP contribution in [0.3, 0.4) is 0 Å². The molecule has 0 bridgehead atoms. The lowest BCUT2D eigenvalue weighted by atomic mass is 10.2. The minimum atomic E-state index is -0.633. The van der Waals surface area contributed by atoms with Crippen LogP contribution in [0.1, 0.15) is 34.3 Å². The Labute approximate surface area is 161 Å². The van der Waals surface area contributed by atoms with E-state index in [-0.39, 0.29) is 24.6 Å². The van der Waals surface area contributed by atoms with Crippen LogP contribution < -0.4 is 16.0 Å². The lowest BCUT2D eigenvalue weighted by Crippen LogP contribution is -2.27. The number of hydrogen-bond donors (Lipinski definition) is 3. The number of benzene rings is 1. The van der Waals surface area contributed by atoms with Crippen LogP contribution in [0.4, 0.5) is 5.69 Å². The SMILES string of the molecule is CCNC(=O)c1cccc(NC(=O)COC(=O)CCNC(=O)c2ccco2)c1. The van der Waals surface area contributed by atoms with E-state index in [1.807, 2.05) is 0 Å². The van der Waals surface area contributed by atoms with Gasteiger partial charge in [0.05, 0.1) is 12.7 Å². The molecule has 1 heterocycles. The van der Waals surface area contributed by atoms with E-state index in [2.05, 4.69) is 16.0 Å². The van der Waals surface area contributed by atoms with E-state index in [1.54, 1.807) is 31.2 Å². The zero-order valence-electron chi connectivity index (χ0n) is 15.3. The Bertz CT molecular complexity index is 832. The maximum Gasteiger partial charge on any atom is 0.308 e. The van der Waals surface area contributed by atoms with E-state index in [0.29, 0.717) is 17.8 Å². The van der Waals surface area contributed by atoms with Crippen molar-refractivity contribution in [2.75, 3.05) is 25.0 Å².